The molecular formula is C13H16NS+. The second-order valence-corrected chi connectivity index (χ2v) is 5.28. The van der Waals surface area contributed by atoms with Gasteiger partial charge in [-0.15, -0.1) is 0 Å². The highest BCUT2D eigenvalue weighted by atomic mass is 32.1. The van der Waals surface area contributed by atoms with Crippen molar-refractivity contribution in [3.05, 3.63) is 29.8 Å². The zero-order valence-corrected chi connectivity index (χ0v) is 9.67. The topological polar surface area (TPSA) is 3.88 Å². The van der Waals surface area contributed by atoms with Crippen molar-refractivity contribution in [2.24, 2.45) is 0 Å². The van der Waals surface area contributed by atoms with Crippen LogP contribution in [0.5, 0.6) is 0 Å². The first kappa shape index (κ1) is 9.34. The van der Waals surface area contributed by atoms with E-state index in [0.717, 1.165) is 6.04 Å². The molecule has 0 amide bonds. The molecule has 0 unspecified atom stereocenters. The van der Waals surface area contributed by atoms with Crippen molar-refractivity contribution in [3.8, 4) is 0 Å². The highest BCUT2D eigenvalue weighted by molar-refractivity contribution is 7.16. The second kappa shape index (κ2) is 3.93. The molecule has 1 saturated carbocycles. The fourth-order valence-corrected chi connectivity index (χ4v) is 3.55. The number of rotatable bonds is 1. The SMILES string of the molecule is c1ccc2c(c1)sc[n+]2C1CCCCC1. The average molecular weight is 218 g/mol. The molecule has 78 valence electrons. The van der Waals surface area contributed by atoms with Crippen molar-refractivity contribution >= 4 is 21.6 Å². The van der Waals surface area contributed by atoms with Crippen molar-refractivity contribution in [3.63, 3.8) is 0 Å². The summed E-state index contributed by atoms with van der Waals surface area (Å²) in [4.78, 5) is 0. The quantitative estimate of drug-likeness (QED) is 0.643. The molecule has 0 saturated heterocycles. The van der Waals surface area contributed by atoms with E-state index in [0.29, 0.717) is 0 Å². The third-order valence-corrected chi connectivity index (χ3v) is 4.34. The summed E-state index contributed by atoms with van der Waals surface area (Å²) in [5.41, 5.74) is 3.73. The Morgan fingerprint density at radius 2 is 1.87 bits per heavy atom. The van der Waals surface area contributed by atoms with Gasteiger partial charge in [0, 0.05) is 18.9 Å². The molecule has 2 aromatic rings. The maximum atomic E-state index is 2.50. The van der Waals surface area contributed by atoms with Gasteiger partial charge in [0.1, 0.15) is 4.70 Å². The van der Waals surface area contributed by atoms with E-state index in [1.807, 2.05) is 11.3 Å². The normalized spacial score (nSPS) is 18.4. The Morgan fingerprint density at radius 3 is 2.73 bits per heavy atom. The molecule has 15 heavy (non-hydrogen) atoms. The van der Waals surface area contributed by atoms with Gasteiger partial charge in [0.05, 0.1) is 0 Å². The molecule has 3 rings (SSSR count). The van der Waals surface area contributed by atoms with Crippen LogP contribution in [0.1, 0.15) is 38.1 Å². The van der Waals surface area contributed by atoms with Gasteiger partial charge in [-0.2, -0.15) is 4.57 Å². The van der Waals surface area contributed by atoms with Gasteiger partial charge < -0.3 is 0 Å². The molecule has 1 aliphatic rings. The summed E-state index contributed by atoms with van der Waals surface area (Å²) in [5, 5.41) is 0. The fourth-order valence-electron chi connectivity index (χ4n) is 2.58. The van der Waals surface area contributed by atoms with Crippen molar-refractivity contribution in [2.45, 2.75) is 38.1 Å². The van der Waals surface area contributed by atoms with Crippen LogP contribution in [0.15, 0.2) is 29.8 Å². The molecule has 0 radical (unpaired) electrons. The summed E-state index contributed by atoms with van der Waals surface area (Å²) in [7, 11) is 0. The monoisotopic (exact) mass is 218 g/mol. The minimum atomic E-state index is 0.759. The van der Waals surface area contributed by atoms with Crippen LogP contribution in [-0.4, -0.2) is 0 Å². The van der Waals surface area contributed by atoms with E-state index >= 15 is 0 Å². The van der Waals surface area contributed by atoms with Gasteiger partial charge in [0.25, 0.3) is 0 Å². The Balaban J connectivity index is 2.02. The van der Waals surface area contributed by atoms with Crippen LogP contribution in [0.3, 0.4) is 0 Å². The zero-order chi connectivity index (χ0) is 10.1. The average Bonchev–Trinajstić information content (AvgIpc) is 2.74. The van der Waals surface area contributed by atoms with Crippen LogP contribution in [0.2, 0.25) is 0 Å². The Hall–Kier alpha value is -0.890. The first-order valence-electron chi connectivity index (χ1n) is 5.82. The number of thiazole rings is 1. The van der Waals surface area contributed by atoms with Gasteiger partial charge in [-0.3, -0.25) is 0 Å². The van der Waals surface area contributed by atoms with E-state index in [4.69, 9.17) is 0 Å². The lowest BCUT2D eigenvalue weighted by Gasteiger charge is -2.16. The third-order valence-electron chi connectivity index (χ3n) is 3.40. The Labute approximate surface area is 94.4 Å². The number of nitrogens with zero attached hydrogens (tertiary/aromatic N) is 1. The van der Waals surface area contributed by atoms with Crippen molar-refractivity contribution in [2.75, 3.05) is 0 Å². The fraction of sp³-hybridized carbons (Fsp3) is 0.462. The highest BCUT2D eigenvalue weighted by Gasteiger charge is 2.24. The predicted octanol–water partition coefficient (Wildman–Crippen LogP) is 3.69. The van der Waals surface area contributed by atoms with Crippen LogP contribution in [0.25, 0.3) is 10.2 Å². The molecule has 1 aromatic carbocycles. The largest absolute Gasteiger partial charge is 0.226 e. The van der Waals surface area contributed by atoms with Crippen LogP contribution in [0, 0.1) is 0 Å². The number of fused-ring (bicyclic) bond motifs is 1. The molecule has 0 spiro atoms. The van der Waals surface area contributed by atoms with Crippen molar-refractivity contribution in [1.29, 1.82) is 0 Å². The number of benzene rings is 1. The maximum Gasteiger partial charge on any atom is 0.226 e. The van der Waals surface area contributed by atoms with Gasteiger partial charge in [0.15, 0.2) is 6.04 Å². The summed E-state index contributed by atoms with van der Waals surface area (Å²) in [5.74, 6) is 0. The van der Waals surface area contributed by atoms with Gasteiger partial charge >= 0.3 is 0 Å². The standard InChI is InChI=1S/C13H16NS/c1-2-6-11(7-3-1)14-10-15-13-9-5-4-8-12(13)14/h4-5,8-11H,1-3,6-7H2/q+1. The Morgan fingerprint density at radius 1 is 1.07 bits per heavy atom. The van der Waals surface area contributed by atoms with E-state index in [2.05, 4.69) is 34.3 Å². The lowest BCUT2D eigenvalue weighted by Crippen LogP contribution is -2.38. The van der Waals surface area contributed by atoms with Gasteiger partial charge in [-0.1, -0.05) is 29.9 Å². The molecule has 0 N–H and O–H groups in total. The number of hydrogen-bond donors (Lipinski definition) is 0. The summed E-state index contributed by atoms with van der Waals surface area (Å²) in [6.07, 6.45) is 6.97. The van der Waals surface area contributed by atoms with Gasteiger partial charge in [-0.25, -0.2) is 0 Å². The van der Waals surface area contributed by atoms with E-state index in [1.54, 1.807) is 0 Å². The van der Waals surface area contributed by atoms with E-state index in [9.17, 15) is 0 Å². The first-order valence-corrected chi connectivity index (χ1v) is 6.70. The summed E-state index contributed by atoms with van der Waals surface area (Å²) in [6.45, 7) is 0. The first-order chi connectivity index (χ1) is 7.45. The molecule has 0 atom stereocenters. The smallest absolute Gasteiger partial charge is 0.186 e. The van der Waals surface area contributed by atoms with E-state index < -0.39 is 0 Å². The van der Waals surface area contributed by atoms with E-state index in [1.165, 1.54) is 42.3 Å². The van der Waals surface area contributed by atoms with Crippen LogP contribution < -0.4 is 4.57 Å². The maximum absolute atomic E-state index is 2.50. The lowest BCUT2D eigenvalue weighted by molar-refractivity contribution is -0.697. The second-order valence-electron chi connectivity index (χ2n) is 4.39. The molecular weight excluding hydrogens is 202 g/mol. The van der Waals surface area contributed by atoms with Crippen molar-refractivity contribution < 1.29 is 4.57 Å². The molecule has 1 aromatic heterocycles. The Bertz CT molecular complexity index is 454. The number of aromatic nitrogens is 1. The highest BCUT2D eigenvalue weighted by Crippen LogP contribution is 2.26. The summed E-state index contributed by atoms with van der Waals surface area (Å²) >= 11 is 1.87. The molecule has 0 aliphatic heterocycles. The molecule has 2 heteroatoms. The molecule has 1 heterocycles. The van der Waals surface area contributed by atoms with Crippen molar-refractivity contribution in [1.82, 2.24) is 0 Å². The van der Waals surface area contributed by atoms with Gasteiger partial charge in [0.2, 0.25) is 11.0 Å². The van der Waals surface area contributed by atoms with Crippen LogP contribution in [0.4, 0.5) is 0 Å². The van der Waals surface area contributed by atoms with E-state index in [-0.39, 0.29) is 0 Å². The minimum Gasteiger partial charge on any atom is -0.186 e. The Kier molecular flexibility index (Phi) is 2.45. The number of para-hydroxylation sites is 1. The summed E-state index contributed by atoms with van der Waals surface area (Å²) in [6, 6.07) is 9.51. The summed E-state index contributed by atoms with van der Waals surface area (Å²) < 4.78 is 3.92. The van der Waals surface area contributed by atoms with Gasteiger partial charge in [-0.05, 0) is 18.9 Å². The molecule has 1 fully saturated rings. The molecule has 1 aliphatic carbocycles. The minimum absolute atomic E-state index is 0.759. The number of hydrogen-bond acceptors (Lipinski definition) is 1. The van der Waals surface area contributed by atoms with Crippen LogP contribution >= 0.6 is 11.3 Å². The molecule has 0 bridgehead atoms. The third kappa shape index (κ3) is 1.67. The lowest BCUT2D eigenvalue weighted by atomic mass is 9.95. The predicted molar refractivity (Wildman–Crippen MR) is 64.1 cm³/mol. The molecule has 1 nitrogen and oxygen atoms in total. The van der Waals surface area contributed by atoms with Crippen LogP contribution in [-0.2, 0) is 0 Å². The zero-order valence-electron chi connectivity index (χ0n) is 8.86.